The Morgan fingerprint density at radius 2 is 1.83 bits per heavy atom. The molecule has 128 valence electrons. The van der Waals surface area contributed by atoms with Crippen LogP contribution >= 0.6 is 24.0 Å². The zero-order valence-corrected chi connectivity index (χ0v) is 16.3. The number of benzene rings is 1. The highest BCUT2D eigenvalue weighted by molar-refractivity contribution is 14.0. The van der Waals surface area contributed by atoms with Crippen molar-refractivity contribution in [3.63, 3.8) is 0 Å². The maximum Gasteiger partial charge on any atom is 0.241 e. The molecule has 0 saturated carbocycles. The van der Waals surface area contributed by atoms with E-state index in [1.807, 2.05) is 11.8 Å². The summed E-state index contributed by atoms with van der Waals surface area (Å²) in [5, 5.41) is 6.30. The average molecular weight is 430 g/mol. The number of aryl methyl sites for hydroxylation is 1. The molecule has 1 fully saturated rings. The standard InChI is InChI=1S/C17H26N4O.HI/c1-3-18-17(19-12-15-8-6-14(2)7-9-15)20-13-16(22)21-10-4-5-11-21;/h6-9H,3-5,10-13H2,1-2H3,(H2,18,19,20);1H. The molecule has 5 nitrogen and oxygen atoms in total. The second-order valence-electron chi connectivity index (χ2n) is 5.62. The van der Waals surface area contributed by atoms with E-state index >= 15 is 0 Å². The van der Waals surface area contributed by atoms with E-state index in [1.54, 1.807) is 0 Å². The maximum absolute atomic E-state index is 12.0. The lowest BCUT2D eigenvalue weighted by molar-refractivity contribution is -0.128. The van der Waals surface area contributed by atoms with Gasteiger partial charge in [-0.15, -0.1) is 24.0 Å². The SMILES string of the molecule is CCNC(=NCc1ccc(C)cc1)NCC(=O)N1CCCC1.I. The van der Waals surface area contributed by atoms with Gasteiger partial charge < -0.3 is 15.5 Å². The molecule has 1 aliphatic rings. The summed E-state index contributed by atoms with van der Waals surface area (Å²) in [7, 11) is 0. The fraction of sp³-hybridized carbons (Fsp3) is 0.529. The third-order valence-electron chi connectivity index (χ3n) is 3.75. The van der Waals surface area contributed by atoms with E-state index in [-0.39, 0.29) is 29.9 Å². The van der Waals surface area contributed by atoms with E-state index in [1.165, 1.54) is 5.56 Å². The number of guanidine groups is 1. The van der Waals surface area contributed by atoms with Crippen LogP contribution in [-0.2, 0) is 11.3 Å². The Hall–Kier alpha value is -1.31. The second kappa shape index (κ2) is 10.5. The molecular formula is C17H27IN4O. The third kappa shape index (κ3) is 6.76. The molecule has 0 aromatic heterocycles. The molecule has 0 unspecified atom stereocenters. The average Bonchev–Trinajstić information content (AvgIpc) is 3.06. The Balaban J connectivity index is 0.00000264. The minimum absolute atomic E-state index is 0. The van der Waals surface area contributed by atoms with Crippen LogP contribution in [0.4, 0.5) is 0 Å². The molecule has 1 aliphatic heterocycles. The largest absolute Gasteiger partial charge is 0.357 e. The summed E-state index contributed by atoms with van der Waals surface area (Å²) < 4.78 is 0. The number of halogens is 1. The van der Waals surface area contributed by atoms with Gasteiger partial charge in [0.1, 0.15) is 0 Å². The van der Waals surface area contributed by atoms with Gasteiger partial charge in [-0.25, -0.2) is 4.99 Å². The molecular weight excluding hydrogens is 403 g/mol. The molecule has 0 radical (unpaired) electrons. The van der Waals surface area contributed by atoms with Gasteiger partial charge in [0, 0.05) is 19.6 Å². The van der Waals surface area contributed by atoms with Gasteiger partial charge in [-0.1, -0.05) is 29.8 Å². The Bertz CT molecular complexity index is 510. The zero-order chi connectivity index (χ0) is 15.8. The lowest BCUT2D eigenvalue weighted by Crippen LogP contribution is -2.44. The summed E-state index contributed by atoms with van der Waals surface area (Å²) in [6, 6.07) is 8.33. The highest BCUT2D eigenvalue weighted by atomic mass is 127. The van der Waals surface area contributed by atoms with Crippen LogP contribution in [0.5, 0.6) is 0 Å². The van der Waals surface area contributed by atoms with Gasteiger partial charge in [0.15, 0.2) is 5.96 Å². The van der Waals surface area contributed by atoms with Crippen LogP contribution in [0.25, 0.3) is 0 Å². The molecule has 2 rings (SSSR count). The minimum Gasteiger partial charge on any atom is -0.357 e. The fourth-order valence-electron chi connectivity index (χ4n) is 2.44. The summed E-state index contributed by atoms with van der Waals surface area (Å²) in [5.74, 6) is 0.842. The van der Waals surface area contributed by atoms with Gasteiger partial charge in [0.2, 0.25) is 5.91 Å². The number of amides is 1. The number of nitrogens with one attached hydrogen (secondary N) is 2. The number of rotatable bonds is 5. The van der Waals surface area contributed by atoms with Crippen molar-refractivity contribution in [1.82, 2.24) is 15.5 Å². The molecule has 0 atom stereocenters. The molecule has 2 N–H and O–H groups in total. The normalized spacial score (nSPS) is 14.3. The van der Waals surface area contributed by atoms with E-state index in [4.69, 9.17) is 0 Å². The van der Waals surface area contributed by atoms with Crippen LogP contribution < -0.4 is 10.6 Å². The highest BCUT2D eigenvalue weighted by Gasteiger charge is 2.17. The molecule has 1 heterocycles. The summed E-state index contributed by atoms with van der Waals surface area (Å²) in [6.45, 7) is 7.55. The number of likely N-dealkylation sites (tertiary alicyclic amines) is 1. The van der Waals surface area contributed by atoms with Crippen molar-refractivity contribution in [3.8, 4) is 0 Å². The predicted molar refractivity (Wildman–Crippen MR) is 105 cm³/mol. The van der Waals surface area contributed by atoms with E-state index in [0.29, 0.717) is 19.0 Å². The number of nitrogens with zero attached hydrogens (tertiary/aromatic N) is 2. The maximum atomic E-state index is 12.0. The van der Waals surface area contributed by atoms with Crippen LogP contribution in [0, 0.1) is 6.92 Å². The van der Waals surface area contributed by atoms with Crippen molar-refractivity contribution < 1.29 is 4.79 Å². The van der Waals surface area contributed by atoms with Crippen LogP contribution in [0.2, 0.25) is 0 Å². The molecule has 1 aromatic rings. The van der Waals surface area contributed by atoms with Gasteiger partial charge in [-0.2, -0.15) is 0 Å². The molecule has 1 amide bonds. The first kappa shape index (κ1) is 19.7. The summed E-state index contributed by atoms with van der Waals surface area (Å²) in [6.07, 6.45) is 2.24. The van der Waals surface area contributed by atoms with Crippen LogP contribution in [0.1, 0.15) is 30.9 Å². The van der Waals surface area contributed by atoms with Crippen molar-refractivity contribution in [2.75, 3.05) is 26.2 Å². The molecule has 0 bridgehead atoms. The predicted octanol–water partition coefficient (Wildman–Crippen LogP) is 2.29. The Morgan fingerprint density at radius 1 is 1.17 bits per heavy atom. The number of hydrogen-bond donors (Lipinski definition) is 2. The van der Waals surface area contributed by atoms with E-state index in [2.05, 4.69) is 46.8 Å². The quantitative estimate of drug-likeness (QED) is 0.428. The van der Waals surface area contributed by atoms with Crippen LogP contribution in [0.3, 0.4) is 0 Å². The summed E-state index contributed by atoms with van der Waals surface area (Å²) in [4.78, 5) is 18.5. The summed E-state index contributed by atoms with van der Waals surface area (Å²) in [5.41, 5.74) is 2.41. The van der Waals surface area contributed by atoms with Gasteiger partial charge in [0.25, 0.3) is 0 Å². The molecule has 1 aromatic carbocycles. The number of carbonyl (C=O) groups excluding carboxylic acids is 1. The number of hydrogen-bond acceptors (Lipinski definition) is 2. The lowest BCUT2D eigenvalue weighted by atomic mass is 10.1. The monoisotopic (exact) mass is 430 g/mol. The fourth-order valence-corrected chi connectivity index (χ4v) is 2.44. The van der Waals surface area contributed by atoms with Crippen LogP contribution in [0.15, 0.2) is 29.3 Å². The smallest absolute Gasteiger partial charge is 0.241 e. The molecule has 0 spiro atoms. The van der Waals surface area contributed by atoms with Gasteiger partial charge >= 0.3 is 0 Å². The lowest BCUT2D eigenvalue weighted by Gasteiger charge is -2.17. The first-order valence-corrected chi connectivity index (χ1v) is 8.04. The number of carbonyl (C=O) groups is 1. The molecule has 23 heavy (non-hydrogen) atoms. The van der Waals surface area contributed by atoms with E-state index in [9.17, 15) is 4.79 Å². The van der Waals surface area contributed by atoms with Gasteiger partial charge in [-0.05, 0) is 32.3 Å². The number of aliphatic imine (C=N–C) groups is 1. The molecule has 1 saturated heterocycles. The van der Waals surface area contributed by atoms with E-state index < -0.39 is 0 Å². The Morgan fingerprint density at radius 3 is 2.43 bits per heavy atom. The van der Waals surface area contributed by atoms with Crippen molar-refractivity contribution in [2.45, 2.75) is 33.2 Å². The minimum atomic E-state index is 0. The van der Waals surface area contributed by atoms with Gasteiger partial charge in [0.05, 0.1) is 13.1 Å². The third-order valence-corrected chi connectivity index (χ3v) is 3.75. The van der Waals surface area contributed by atoms with Crippen molar-refractivity contribution >= 4 is 35.8 Å². The van der Waals surface area contributed by atoms with E-state index in [0.717, 1.165) is 38.0 Å². The Kier molecular flexibility index (Phi) is 8.98. The Labute approximate surface area is 156 Å². The van der Waals surface area contributed by atoms with Crippen molar-refractivity contribution in [3.05, 3.63) is 35.4 Å². The first-order chi connectivity index (χ1) is 10.7. The topological polar surface area (TPSA) is 56.7 Å². The van der Waals surface area contributed by atoms with Gasteiger partial charge in [-0.3, -0.25) is 4.79 Å². The molecule has 6 heteroatoms. The zero-order valence-electron chi connectivity index (χ0n) is 14.0. The molecule has 0 aliphatic carbocycles. The van der Waals surface area contributed by atoms with Crippen molar-refractivity contribution in [1.29, 1.82) is 0 Å². The highest BCUT2D eigenvalue weighted by Crippen LogP contribution is 2.07. The van der Waals surface area contributed by atoms with Crippen molar-refractivity contribution in [2.24, 2.45) is 4.99 Å². The second-order valence-corrected chi connectivity index (χ2v) is 5.62. The summed E-state index contributed by atoms with van der Waals surface area (Å²) >= 11 is 0. The first-order valence-electron chi connectivity index (χ1n) is 8.04. The van der Waals surface area contributed by atoms with Crippen LogP contribution in [-0.4, -0.2) is 42.9 Å².